The molecule has 7 heteroatoms. The van der Waals surface area contributed by atoms with Gasteiger partial charge in [0.05, 0.1) is 21.1 Å². The number of carbonyl (C=O) groups is 2. The number of anilines is 2. The monoisotopic (exact) mass is 366 g/mol. The van der Waals surface area contributed by atoms with E-state index in [9.17, 15) is 9.59 Å². The Balaban J connectivity index is 1.50. The van der Waals surface area contributed by atoms with Crippen molar-refractivity contribution >= 4 is 44.9 Å². The fourth-order valence-corrected chi connectivity index (χ4v) is 3.91. The second kappa shape index (κ2) is 6.49. The van der Waals surface area contributed by atoms with Gasteiger partial charge in [0, 0.05) is 24.8 Å². The van der Waals surface area contributed by atoms with Crippen LogP contribution in [0.4, 0.5) is 11.5 Å². The van der Waals surface area contributed by atoms with Crippen molar-refractivity contribution in [1.82, 2.24) is 9.97 Å². The molecule has 0 spiro atoms. The number of nitrogens with one attached hydrogen (secondary N) is 1. The molecule has 0 saturated carbocycles. The first-order valence-electron chi connectivity index (χ1n) is 8.41. The minimum absolute atomic E-state index is 0.0479. The molecule has 1 aromatic carbocycles. The number of hydrogen-bond donors (Lipinski definition) is 1. The quantitative estimate of drug-likeness (QED) is 0.772. The highest BCUT2D eigenvalue weighted by Crippen LogP contribution is 2.30. The first-order chi connectivity index (χ1) is 12.5. The van der Waals surface area contributed by atoms with E-state index in [1.165, 1.54) is 0 Å². The predicted octanol–water partition coefficient (Wildman–Crippen LogP) is 3.30. The van der Waals surface area contributed by atoms with Gasteiger partial charge in [-0.05, 0) is 43.7 Å². The third-order valence-electron chi connectivity index (χ3n) is 4.45. The van der Waals surface area contributed by atoms with Crippen molar-refractivity contribution in [3.8, 4) is 0 Å². The molecule has 1 unspecified atom stereocenters. The maximum atomic E-state index is 12.5. The van der Waals surface area contributed by atoms with Crippen LogP contribution in [0.15, 0.2) is 36.5 Å². The van der Waals surface area contributed by atoms with Gasteiger partial charge < -0.3 is 10.2 Å². The van der Waals surface area contributed by atoms with Crippen LogP contribution in [0.25, 0.3) is 10.2 Å². The molecular formula is C19H18N4O2S. The lowest BCUT2D eigenvalue weighted by atomic mass is 10.1. The Kier molecular flexibility index (Phi) is 4.16. The van der Waals surface area contributed by atoms with Gasteiger partial charge in [-0.25, -0.2) is 9.97 Å². The van der Waals surface area contributed by atoms with Crippen LogP contribution in [0.2, 0.25) is 0 Å². The van der Waals surface area contributed by atoms with E-state index in [1.54, 1.807) is 28.5 Å². The summed E-state index contributed by atoms with van der Waals surface area (Å²) in [7, 11) is 0. The predicted molar refractivity (Wildman–Crippen MR) is 102 cm³/mol. The van der Waals surface area contributed by atoms with E-state index < -0.39 is 5.92 Å². The molecule has 0 radical (unpaired) electrons. The van der Waals surface area contributed by atoms with Gasteiger partial charge in [0.2, 0.25) is 11.8 Å². The van der Waals surface area contributed by atoms with Gasteiger partial charge in [-0.3, -0.25) is 9.59 Å². The summed E-state index contributed by atoms with van der Waals surface area (Å²) in [6.07, 6.45) is 1.90. The van der Waals surface area contributed by atoms with Gasteiger partial charge in [-0.2, -0.15) is 0 Å². The number of hydrogen-bond acceptors (Lipinski definition) is 5. The molecule has 1 N–H and O–H groups in total. The summed E-state index contributed by atoms with van der Waals surface area (Å²) in [5.74, 6) is -0.111. The van der Waals surface area contributed by atoms with E-state index >= 15 is 0 Å². The first kappa shape index (κ1) is 16.7. The van der Waals surface area contributed by atoms with Crippen molar-refractivity contribution < 1.29 is 9.59 Å². The molecule has 1 saturated heterocycles. The Bertz CT molecular complexity index is 996. The lowest BCUT2D eigenvalue weighted by Crippen LogP contribution is -2.28. The van der Waals surface area contributed by atoms with Crippen LogP contribution in [0.5, 0.6) is 0 Å². The molecule has 26 heavy (non-hydrogen) atoms. The molecule has 1 atom stereocenters. The SMILES string of the molecule is Cc1ccc(NC(=O)C2CC(=O)N(c3ccc4sc(C)nc4c3)C2)nc1. The lowest BCUT2D eigenvalue weighted by Gasteiger charge is -2.16. The van der Waals surface area contributed by atoms with Crippen LogP contribution < -0.4 is 10.2 Å². The van der Waals surface area contributed by atoms with E-state index in [0.717, 1.165) is 26.5 Å². The van der Waals surface area contributed by atoms with Crippen LogP contribution in [-0.2, 0) is 9.59 Å². The average molecular weight is 366 g/mol. The molecule has 3 heterocycles. The standard InChI is InChI=1S/C19H18N4O2S/c1-11-3-6-17(20-9-11)22-19(25)13-7-18(24)23(10-13)14-4-5-16-15(8-14)21-12(2)26-16/h3-6,8-9,13H,7,10H2,1-2H3,(H,20,22,25). The molecule has 6 nitrogen and oxygen atoms in total. The number of aryl methyl sites for hydroxylation is 2. The van der Waals surface area contributed by atoms with Crippen LogP contribution in [0, 0.1) is 19.8 Å². The van der Waals surface area contributed by atoms with Crippen molar-refractivity contribution in [1.29, 1.82) is 0 Å². The fourth-order valence-electron chi connectivity index (χ4n) is 3.10. The Hall–Kier alpha value is -2.80. The maximum absolute atomic E-state index is 12.5. The van der Waals surface area contributed by atoms with Gasteiger partial charge in [0.1, 0.15) is 5.82 Å². The number of benzene rings is 1. The van der Waals surface area contributed by atoms with Crippen molar-refractivity contribution in [2.75, 3.05) is 16.8 Å². The van der Waals surface area contributed by atoms with E-state index in [1.807, 2.05) is 38.1 Å². The molecule has 1 aliphatic heterocycles. The lowest BCUT2D eigenvalue weighted by molar-refractivity contribution is -0.122. The molecule has 0 bridgehead atoms. The molecule has 132 valence electrons. The summed E-state index contributed by atoms with van der Waals surface area (Å²) < 4.78 is 1.10. The number of pyridine rings is 1. The van der Waals surface area contributed by atoms with Crippen LogP contribution in [0.3, 0.4) is 0 Å². The molecule has 1 aliphatic rings. The first-order valence-corrected chi connectivity index (χ1v) is 9.22. The second-order valence-electron chi connectivity index (χ2n) is 6.50. The Morgan fingerprint density at radius 1 is 1.27 bits per heavy atom. The zero-order chi connectivity index (χ0) is 18.3. The highest BCUT2D eigenvalue weighted by atomic mass is 32.1. The number of thiazole rings is 1. The van der Waals surface area contributed by atoms with Crippen LogP contribution in [-0.4, -0.2) is 28.3 Å². The Morgan fingerprint density at radius 3 is 2.88 bits per heavy atom. The number of amides is 2. The molecule has 2 aromatic heterocycles. The molecule has 4 rings (SSSR count). The summed E-state index contributed by atoms with van der Waals surface area (Å²) in [4.78, 5) is 35.3. The molecule has 0 aliphatic carbocycles. The zero-order valence-electron chi connectivity index (χ0n) is 14.5. The normalized spacial score (nSPS) is 17.1. The van der Waals surface area contributed by atoms with Crippen molar-refractivity contribution in [2.45, 2.75) is 20.3 Å². The highest BCUT2D eigenvalue weighted by molar-refractivity contribution is 7.18. The third-order valence-corrected chi connectivity index (χ3v) is 5.40. The van der Waals surface area contributed by atoms with Crippen molar-refractivity contribution in [3.63, 3.8) is 0 Å². The number of nitrogens with zero attached hydrogens (tertiary/aromatic N) is 3. The van der Waals surface area contributed by atoms with Gasteiger partial charge in [-0.1, -0.05) is 6.07 Å². The maximum Gasteiger partial charge on any atom is 0.230 e. The molecular weight excluding hydrogens is 348 g/mol. The van der Waals surface area contributed by atoms with E-state index in [-0.39, 0.29) is 18.2 Å². The molecule has 2 amide bonds. The van der Waals surface area contributed by atoms with Gasteiger partial charge in [-0.15, -0.1) is 11.3 Å². The number of aromatic nitrogens is 2. The minimum atomic E-state index is -0.390. The van der Waals surface area contributed by atoms with E-state index in [2.05, 4.69) is 15.3 Å². The number of carbonyl (C=O) groups excluding carboxylic acids is 2. The van der Waals surface area contributed by atoms with Crippen LogP contribution in [0.1, 0.15) is 17.0 Å². The zero-order valence-corrected chi connectivity index (χ0v) is 15.3. The van der Waals surface area contributed by atoms with E-state index in [0.29, 0.717) is 12.4 Å². The van der Waals surface area contributed by atoms with Gasteiger partial charge in [0.15, 0.2) is 0 Å². The summed E-state index contributed by atoms with van der Waals surface area (Å²) in [5, 5.41) is 3.79. The minimum Gasteiger partial charge on any atom is -0.312 e. The molecule has 3 aromatic rings. The van der Waals surface area contributed by atoms with Crippen molar-refractivity contribution in [3.05, 3.63) is 47.1 Å². The average Bonchev–Trinajstić information content (AvgIpc) is 3.18. The second-order valence-corrected chi connectivity index (χ2v) is 7.74. The summed E-state index contributed by atoms with van der Waals surface area (Å²) in [5.41, 5.74) is 2.70. The van der Waals surface area contributed by atoms with Crippen LogP contribution >= 0.6 is 11.3 Å². The van der Waals surface area contributed by atoms with Crippen molar-refractivity contribution in [2.24, 2.45) is 5.92 Å². The smallest absolute Gasteiger partial charge is 0.230 e. The fraction of sp³-hybridized carbons (Fsp3) is 0.263. The number of rotatable bonds is 3. The highest BCUT2D eigenvalue weighted by Gasteiger charge is 2.35. The Morgan fingerprint density at radius 2 is 2.12 bits per heavy atom. The Labute approximate surface area is 154 Å². The van der Waals surface area contributed by atoms with E-state index in [4.69, 9.17) is 0 Å². The number of fused-ring (bicyclic) bond motifs is 1. The summed E-state index contributed by atoms with van der Waals surface area (Å²) >= 11 is 1.63. The van der Waals surface area contributed by atoms with Gasteiger partial charge in [0.25, 0.3) is 0 Å². The molecule has 1 fully saturated rings. The summed E-state index contributed by atoms with van der Waals surface area (Å²) in [6, 6.07) is 9.46. The van der Waals surface area contributed by atoms with Gasteiger partial charge >= 0.3 is 0 Å². The summed E-state index contributed by atoms with van der Waals surface area (Å²) in [6.45, 7) is 4.27. The largest absolute Gasteiger partial charge is 0.312 e. The topological polar surface area (TPSA) is 75.2 Å². The third kappa shape index (κ3) is 3.17.